The summed E-state index contributed by atoms with van der Waals surface area (Å²) in [4.78, 5) is 24.1. The zero-order valence-corrected chi connectivity index (χ0v) is 18.8. The van der Waals surface area contributed by atoms with Crippen LogP contribution in [0.5, 0.6) is 11.5 Å². The molecule has 0 saturated heterocycles. The van der Waals surface area contributed by atoms with Crippen LogP contribution in [-0.2, 0) is 11.4 Å². The summed E-state index contributed by atoms with van der Waals surface area (Å²) in [7, 11) is 0. The van der Waals surface area contributed by atoms with Crippen LogP contribution in [0, 0.1) is 0 Å². The van der Waals surface area contributed by atoms with Gasteiger partial charge in [-0.3, -0.25) is 9.59 Å². The highest BCUT2D eigenvalue weighted by Crippen LogP contribution is 2.16. The lowest BCUT2D eigenvalue weighted by molar-refractivity contribution is -0.120. The number of halogens is 1. The second-order valence-corrected chi connectivity index (χ2v) is 7.36. The van der Waals surface area contributed by atoms with Crippen molar-refractivity contribution < 1.29 is 19.1 Å². The van der Waals surface area contributed by atoms with Crippen molar-refractivity contribution in [3.05, 3.63) is 94.5 Å². The van der Waals surface area contributed by atoms with Gasteiger partial charge in [0.1, 0.15) is 18.1 Å². The summed E-state index contributed by atoms with van der Waals surface area (Å²) in [5, 5.41) is 7.16. The molecule has 3 aromatic carbocycles. The second kappa shape index (κ2) is 12.3. The first kappa shape index (κ1) is 23.8. The lowest BCUT2D eigenvalue weighted by Crippen LogP contribution is -2.34. The number of amides is 2. The maximum atomic E-state index is 12.1. The zero-order chi connectivity index (χ0) is 23.5. The van der Waals surface area contributed by atoms with Crippen LogP contribution in [0.3, 0.4) is 0 Å². The van der Waals surface area contributed by atoms with Gasteiger partial charge >= 0.3 is 0 Å². The minimum absolute atomic E-state index is 0.201. The molecule has 0 aliphatic heterocycles. The largest absolute Gasteiger partial charge is 0.494 e. The summed E-state index contributed by atoms with van der Waals surface area (Å²) in [5.41, 5.74) is 4.57. The van der Waals surface area contributed by atoms with E-state index in [0.29, 0.717) is 35.3 Å². The number of ether oxygens (including phenoxy) is 2. The average molecular weight is 466 g/mol. The molecule has 7 nitrogen and oxygen atoms in total. The van der Waals surface area contributed by atoms with Gasteiger partial charge in [0.2, 0.25) is 0 Å². The van der Waals surface area contributed by atoms with Gasteiger partial charge in [-0.1, -0.05) is 35.9 Å². The van der Waals surface area contributed by atoms with E-state index in [1.54, 1.807) is 30.3 Å². The van der Waals surface area contributed by atoms with Gasteiger partial charge < -0.3 is 14.8 Å². The van der Waals surface area contributed by atoms with Crippen molar-refractivity contribution in [3.8, 4) is 11.5 Å². The SMILES string of the molecule is CCOc1ccc(C(=O)NCC(=O)NN=Cc2cccc(OCc3ccc(Cl)cc3)c2)cc1. The minimum Gasteiger partial charge on any atom is -0.494 e. The molecule has 2 amide bonds. The summed E-state index contributed by atoms with van der Waals surface area (Å²) < 4.78 is 11.1. The predicted octanol–water partition coefficient (Wildman–Crippen LogP) is 4.20. The summed E-state index contributed by atoms with van der Waals surface area (Å²) in [6.45, 7) is 2.64. The Labute approximate surface area is 197 Å². The molecular weight excluding hydrogens is 442 g/mol. The van der Waals surface area contributed by atoms with E-state index in [-0.39, 0.29) is 12.5 Å². The van der Waals surface area contributed by atoms with Crippen molar-refractivity contribution in [3.63, 3.8) is 0 Å². The number of hydrazone groups is 1. The fourth-order valence-electron chi connectivity index (χ4n) is 2.78. The van der Waals surface area contributed by atoms with E-state index in [2.05, 4.69) is 15.8 Å². The number of carbonyl (C=O) groups is 2. The van der Waals surface area contributed by atoms with Crippen LogP contribution in [0.1, 0.15) is 28.4 Å². The van der Waals surface area contributed by atoms with E-state index in [0.717, 1.165) is 11.1 Å². The van der Waals surface area contributed by atoms with Crippen molar-refractivity contribution in [2.45, 2.75) is 13.5 Å². The maximum absolute atomic E-state index is 12.1. The standard InChI is InChI=1S/C25H24ClN3O4/c1-2-32-22-12-8-20(9-13-22)25(31)27-16-24(30)29-28-15-19-4-3-5-23(14-19)33-17-18-6-10-21(26)11-7-18/h3-15H,2,16-17H2,1H3,(H,27,31)(H,29,30). The van der Waals surface area contributed by atoms with E-state index >= 15 is 0 Å². The molecule has 0 heterocycles. The third-order valence-corrected chi connectivity index (χ3v) is 4.67. The molecule has 3 aromatic rings. The Balaban J connectivity index is 1.43. The number of benzene rings is 3. The Kier molecular flexibility index (Phi) is 8.85. The van der Waals surface area contributed by atoms with Gasteiger partial charge in [-0.05, 0) is 66.6 Å². The number of rotatable bonds is 10. The molecule has 0 atom stereocenters. The summed E-state index contributed by atoms with van der Waals surface area (Å²) in [6, 6.07) is 21.4. The van der Waals surface area contributed by atoms with Crippen LogP contribution in [0.4, 0.5) is 0 Å². The lowest BCUT2D eigenvalue weighted by atomic mass is 10.2. The van der Waals surface area contributed by atoms with E-state index in [9.17, 15) is 9.59 Å². The average Bonchev–Trinajstić information content (AvgIpc) is 2.83. The third-order valence-electron chi connectivity index (χ3n) is 4.42. The van der Waals surface area contributed by atoms with E-state index < -0.39 is 5.91 Å². The topological polar surface area (TPSA) is 89.0 Å². The monoisotopic (exact) mass is 465 g/mol. The molecule has 0 radical (unpaired) electrons. The van der Waals surface area contributed by atoms with E-state index in [1.165, 1.54) is 6.21 Å². The smallest absolute Gasteiger partial charge is 0.259 e. The summed E-state index contributed by atoms with van der Waals surface area (Å²) in [6.07, 6.45) is 1.50. The first-order chi connectivity index (χ1) is 16.0. The number of hydrogen-bond donors (Lipinski definition) is 2. The molecule has 3 rings (SSSR count). The number of carbonyl (C=O) groups excluding carboxylic acids is 2. The molecule has 0 bridgehead atoms. The fraction of sp³-hybridized carbons (Fsp3) is 0.160. The Hall–Kier alpha value is -3.84. The Morgan fingerprint density at radius 3 is 2.45 bits per heavy atom. The predicted molar refractivity (Wildman–Crippen MR) is 128 cm³/mol. The normalized spacial score (nSPS) is 10.6. The van der Waals surface area contributed by atoms with E-state index in [1.807, 2.05) is 49.4 Å². The summed E-state index contributed by atoms with van der Waals surface area (Å²) in [5.74, 6) is 0.548. The number of nitrogens with one attached hydrogen (secondary N) is 2. The molecule has 0 aromatic heterocycles. The van der Waals surface area contributed by atoms with Gasteiger partial charge in [0, 0.05) is 10.6 Å². The molecule has 2 N–H and O–H groups in total. The molecule has 170 valence electrons. The van der Waals surface area contributed by atoms with Gasteiger partial charge in [0.05, 0.1) is 19.4 Å². The maximum Gasteiger partial charge on any atom is 0.259 e. The van der Waals surface area contributed by atoms with Gasteiger partial charge in [-0.2, -0.15) is 5.10 Å². The molecule has 0 spiro atoms. The quantitative estimate of drug-likeness (QED) is 0.347. The summed E-state index contributed by atoms with van der Waals surface area (Å²) >= 11 is 5.89. The Morgan fingerprint density at radius 1 is 0.970 bits per heavy atom. The van der Waals surface area contributed by atoms with Crippen molar-refractivity contribution in [2.24, 2.45) is 5.10 Å². The van der Waals surface area contributed by atoms with Crippen LogP contribution < -0.4 is 20.2 Å². The third kappa shape index (κ3) is 7.97. The highest BCUT2D eigenvalue weighted by molar-refractivity contribution is 6.30. The van der Waals surface area contributed by atoms with Crippen LogP contribution >= 0.6 is 11.6 Å². The minimum atomic E-state index is -0.444. The van der Waals surface area contributed by atoms with Crippen LogP contribution in [-0.4, -0.2) is 31.2 Å². The van der Waals surface area contributed by atoms with Gasteiger partial charge in [-0.25, -0.2) is 5.43 Å². The fourth-order valence-corrected chi connectivity index (χ4v) is 2.91. The number of hydrogen-bond acceptors (Lipinski definition) is 5. The molecule has 33 heavy (non-hydrogen) atoms. The van der Waals surface area contributed by atoms with Gasteiger partial charge in [0.15, 0.2) is 0 Å². The highest BCUT2D eigenvalue weighted by Gasteiger charge is 2.08. The second-order valence-electron chi connectivity index (χ2n) is 6.92. The van der Waals surface area contributed by atoms with Crippen LogP contribution in [0.2, 0.25) is 5.02 Å². The van der Waals surface area contributed by atoms with Crippen LogP contribution in [0.15, 0.2) is 77.9 Å². The molecule has 0 aliphatic carbocycles. The zero-order valence-electron chi connectivity index (χ0n) is 18.1. The van der Waals surface area contributed by atoms with Gasteiger partial charge in [0.25, 0.3) is 11.8 Å². The Morgan fingerprint density at radius 2 is 1.73 bits per heavy atom. The molecule has 8 heteroatoms. The van der Waals surface area contributed by atoms with Crippen LogP contribution in [0.25, 0.3) is 0 Å². The van der Waals surface area contributed by atoms with Gasteiger partial charge in [-0.15, -0.1) is 0 Å². The lowest BCUT2D eigenvalue weighted by Gasteiger charge is -2.07. The Bertz CT molecular complexity index is 1100. The number of nitrogens with zero attached hydrogens (tertiary/aromatic N) is 1. The van der Waals surface area contributed by atoms with Crippen molar-refractivity contribution in [1.82, 2.24) is 10.7 Å². The molecular formula is C25H24ClN3O4. The molecule has 0 saturated carbocycles. The van der Waals surface area contributed by atoms with Crippen molar-refractivity contribution >= 4 is 29.6 Å². The molecule has 0 unspecified atom stereocenters. The first-order valence-corrected chi connectivity index (χ1v) is 10.7. The molecule has 0 aliphatic rings. The highest BCUT2D eigenvalue weighted by atomic mass is 35.5. The van der Waals surface area contributed by atoms with Crippen molar-refractivity contribution in [1.29, 1.82) is 0 Å². The van der Waals surface area contributed by atoms with Crippen molar-refractivity contribution in [2.75, 3.05) is 13.2 Å². The van der Waals surface area contributed by atoms with E-state index in [4.69, 9.17) is 21.1 Å². The molecule has 0 fully saturated rings. The first-order valence-electron chi connectivity index (χ1n) is 10.3.